The van der Waals surface area contributed by atoms with Crippen molar-refractivity contribution >= 4 is 5.52 Å². The van der Waals surface area contributed by atoms with Crippen molar-refractivity contribution in [2.45, 2.75) is 13.3 Å². The second kappa shape index (κ2) is 4.49. The molecule has 2 heteroatoms. The highest BCUT2D eigenvalue weighted by Crippen LogP contribution is 2.16. The van der Waals surface area contributed by atoms with Gasteiger partial charge in [0.25, 0.3) is 0 Å². The predicted molar refractivity (Wildman–Crippen MR) is 64.2 cm³/mol. The maximum absolute atomic E-state index is 3.22. The molecular formula is C13H18N2. The summed E-state index contributed by atoms with van der Waals surface area (Å²) < 4.78 is 2.18. The SMILES string of the molecule is CNCC(C)Cc1ccn2ccccc12. The van der Waals surface area contributed by atoms with Crippen molar-refractivity contribution in [3.8, 4) is 0 Å². The molecule has 2 heterocycles. The van der Waals surface area contributed by atoms with Crippen LogP contribution in [0.5, 0.6) is 0 Å². The number of nitrogens with zero attached hydrogens (tertiary/aromatic N) is 1. The fourth-order valence-corrected chi connectivity index (χ4v) is 2.08. The maximum Gasteiger partial charge on any atom is 0.0481 e. The average molecular weight is 202 g/mol. The summed E-state index contributed by atoms with van der Waals surface area (Å²) in [5, 5.41) is 3.22. The molecule has 2 nitrogen and oxygen atoms in total. The van der Waals surface area contributed by atoms with E-state index in [1.54, 1.807) is 0 Å². The maximum atomic E-state index is 3.22. The third kappa shape index (κ3) is 2.21. The smallest absolute Gasteiger partial charge is 0.0481 e. The highest BCUT2D eigenvalue weighted by atomic mass is 14.9. The first kappa shape index (κ1) is 10.2. The predicted octanol–water partition coefficient (Wildman–Crippen LogP) is 2.34. The molecular weight excluding hydrogens is 184 g/mol. The molecule has 0 aliphatic carbocycles. The minimum absolute atomic E-state index is 0.682. The van der Waals surface area contributed by atoms with Crippen LogP contribution in [-0.4, -0.2) is 18.0 Å². The van der Waals surface area contributed by atoms with Crippen molar-refractivity contribution in [1.29, 1.82) is 0 Å². The van der Waals surface area contributed by atoms with Gasteiger partial charge in [-0.3, -0.25) is 0 Å². The van der Waals surface area contributed by atoms with E-state index >= 15 is 0 Å². The molecule has 0 fully saturated rings. The van der Waals surface area contributed by atoms with Gasteiger partial charge in [0, 0.05) is 17.9 Å². The first-order valence-electron chi connectivity index (χ1n) is 5.50. The molecule has 2 aromatic rings. The fourth-order valence-electron chi connectivity index (χ4n) is 2.08. The van der Waals surface area contributed by atoms with Gasteiger partial charge in [-0.25, -0.2) is 0 Å². The molecule has 15 heavy (non-hydrogen) atoms. The molecule has 0 aliphatic rings. The van der Waals surface area contributed by atoms with Crippen LogP contribution in [-0.2, 0) is 6.42 Å². The van der Waals surface area contributed by atoms with Crippen molar-refractivity contribution in [2.75, 3.05) is 13.6 Å². The van der Waals surface area contributed by atoms with Crippen molar-refractivity contribution < 1.29 is 0 Å². The van der Waals surface area contributed by atoms with E-state index in [1.807, 2.05) is 7.05 Å². The van der Waals surface area contributed by atoms with E-state index in [0.717, 1.165) is 13.0 Å². The molecule has 0 bridgehead atoms. The van der Waals surface area contributed by atoms with Crippen molar-refractivity contribution in [1.82, 2.24) is 9.72 Å². The van der Waals surface area contributed by atoms with E-state index in [0.29, 0.717) is 5.92 Å². The van der Waals surface area contributed by atoms with Gasteiger partial charge in [-0.2, -0.15) is 0 Å². The van der Waals surface area contributed by atoms with Crippen LogP contribution >= 0.6 is 0 Å². The second-order valence-electron chi connectivity index (χ2n) is 4.20. The Morgan fingerprint density at radius 1 is 1.27 bits per heavy atom. The molecule has 0 spiro atoms. The topological polar surface area (TPSA) is 16.4 Å². The molecule has 0 amide bonds. The molecule has 80 valence electrons. The normalized spacial score (nSPS) is 13.2. The summed E-state index contributed by atoms with van der Waals surface area (Å²) >= 11 is 0. The lowest BCUT2D eigenvalue weighted by Crippen LogP contribution is -2.17. The van der Waals surface area contributed by atoms with Crippen molar-refractivity contribution in [2.24, 2.45) is 5.92 Å². The summed E-state index contributed by atoms with van der Waals surface area (Å²) in [4.78, 5) is 0. The highest BCUT2D eigenvalue weighted by molar-refractivity contribution is 5.55. The number of fused-ring (bicyclic) bond motifs is 1. The molecule has 2 aromatic heterocycles. The Hall–Kier alpha value is -1.28. The molecule has 0 radical (unpaired) electrons. The third-order valence-corrected chi connectivity index (χ3v) is 2.78. The van der Waals surface area contributed by atoms with Gasteiger partial charge in [-0.1, -0.05) is 13.0 Å². The summed E-state index contributed by atoms with van der Waals surface area (Å²) in [6.07, 6.45) is 5.37. The largest absolute Gasteiger partial charge is 0.324 e. The molecule has 0 saturated carbocycles. The molecule has 0 aliphatic heterocycles. The quantitative estimate of drug-likeness (QED) is 0.805. The van der Waals surface area contributed by atoms with Crippen LogP contribution in [0, 0.1) is 5.92 Å². The summed E-state index contributed by atoms with van der Waals surface area (Å²) in [7, 11) is 2.01. The lowest BCUT2D eigenvalue weighted by atomic mass is 10.0. The van der Waals surface area contributed by atoms with Crippen LogP contribution < -0.4 is 5.32 Å². The Labute approximate surface area is 90.9 Å². The zero-order chi connectivity index (χ0) is 10.7. The zero-order valence-corrected chi connectivity index (χ0v) is 9.40. The van der Waals surface area contributed by atoms with Crippen LogP contribution in [0.4, 0.5) is 0 Å². The minimum Gasteiger partial charge on any atom is -0.324 e. The summed E-state index contributed by atoms with van der Waals surface area (Å²) in [5.41, 5.74) is 2.78. The number of hydrogen-bond donors (Lipinski definition) is 1. The van der Waals surface area contributed by atoms with E-state index < -0.39 is 0 Å². The van der Waals surface area contributed by atoms with Gasteiger partial charge < -0.3 is 9.72 Å². The highest BCUT2D eigenvalue weighted by Gasteiger charge is 2.06. The first-order valence-corrected chi connectivity index (χ1v) is 5.50. The Kier molecular flexibility index (Phi) is 3.07. The summed E-state index contributed by atoms with van der Waals surface area (Å²) in [6, 6.07) is 8.57. The molecule has 0 saturated heterocycles. The zero-order valence-electron chi connectivity index (χ0n) is 9.40. The van der Waals surface area contributed by atoms with Gasteiger partial charge in [0.15, 0.2) is 0 Å². The Morgan fingerprint density at radius 3 is 2.93 bits per heavy atom. The van der Waals surface area contributed by atoms with Crippen LogP contribution in [0.2, 0.25) is 0 Å². The van der Waals surface area contributed by atoms with Gasteiger partial charge >= 0.3 is 0 Å². The summed E-state index contributed by atoms with van der Waals surface area (Å²) in [6.45, 7) is 3.35. The van der Waals surface area contributed by atoms with Crippen molar-refractivity contribution in [3.05, 3.63) is 42.2 Å². The third-order valence-electron chi connectivity index (χ3n) is 2.78. The average Bonchev–Trinajstić information content (AvgIpc) is 2.62. The number of hydrogen-bond acceptors (Lipinski definition) is 1. The van der Waals surface area contributed by atoms with Gasteiger partial charge in [0.2, 0.25) is 0 Å². The van der Waals surface area contributed by atoms with E-state index in [2.05, 4.69) is 53.3 Å². The van der Waals surface area contributed by atoms with E-state index in [9.17, 15) is 0 Å². The molecule has 1 unspecified atom stereocenters. The standard InChI is InChI=1S/C13H18N2/c1-11(10-14-2)9-12-6-8-15-7-4-3-5-13(12)15/h3-8,11,14H,9-10H2,1-2H3. The van der Waals surface area contributed by atoms with Gasteiger partial charge in [0.05, 0.1) is 0 Å². The molecule has 1 N–H and O–H groups in total. The Bertz CT molecular complexity index is 431. The van der Waals surface area contributed by atoms with Crippen LogP contribution in [0.15, 0.2) is 36.7 Å². The lowest BCUT2D eigenvalue weighted by molar-refractivity contribution is 0.543. The second-order valence-corrected chi connectivity index (χ2v) is 4.20. The first-order chi connectivity index (χ1) is 7.31. The Balaban J connectivity index is 2.21. The van der Waals surface area contributed by atoms with Gasteiger partial charge in [-0.05, 0) is 49.7 Å². The van der Waals surface area contributed by atoms with Crippen molar-refractivity contribution in [3.63, 3.8) is 0 Å². The monoisotopic (exact) mass is 202 g/mol. The van der Waals surface area contributed by atoms with Gasteiger partial charge in [0.1, 0.15) is 0 Å². The molecule has 1 atom stereocenters. The van der Waals surface area contributed by atoms with E-state index in [1.165, 1.54) is 11.1 Å². The Morgan fingerprint density at radius 2 is 2.13 bits per heavy atom. The molecule has 2 rings (SSSR count). The number of pyridine rings is 1. The van der Waals surface area contributed by atoms with E-state index in [4.69, 9.17) is 0 Å². The molecule has 0 aromatic carbocycles. The number of nitrogens with one attached hydrogen (secondary N) is 1. The van der Waals surface area contributed by atoms with Gasteiger partial charge in [-0.15, -0.1) is 0 Å². The summed E-state index contributed by atoms with van der Waals surface area (Å²) in [5.74, 6) is 0.682. The number of aromatic nitrogens is 1. The van der Waals surface area contributed by atoms with Crippen LogP contribution in [0.3, 0.4) is 0 Å². The van der Waals surface area contributed by atoms with E-state index in [-0.39, 0.29) is 0 Å². The number of rotatable bonds is 4. The lowest BCUT2D eigenvalue weighted by Gasteiger charge is -2.09. The minimum atomic E-state index is 0.682. The van der Waals surface area contributed by atoms with Crippen LogP contribution in [0.1, 0.15) is 12.5 Å². The fraction of sp³-hybridized carbons (Fsp3) is 0.385. The van der Waals surface area contributed by atoms with Crippen LogP contribution in [0.25, 0.3) is 5.52 Å².